The lowest BCUT2D eigenvalue weighted by Crippen LogP contribution is -2.48. The molecule has 1 unspecified atom stereocenters. The van der Waals surface area contributed by atoms with Crippen molar-refractivity contribution in [2.75, 3.05) is 0 Å². The van der Waals surface area contributed by atoms with Gasteiger partial charge in [-0.1, -0.05) is 72.6 Å². The average molecular weight is 378 g/mol. The Labute approximate surface area is 163 Å². The Balaban J connectivity index is 1.88. The van der Waals surface area contributed by atoms with Crippen LogP contribution in [0.5, 0.6) is 0 Å². The van der Waals surface area contributed by atoms with Gasteiger partial charge in [-0.05, 0) is 29.5 Å². The zero-order valence-electron chi connectivity index (χ0n) is 14.8. The monoisotopic (exact) mass is 377 g/mol. The van der Waals surface area contributed by atoms with Crippen LogP contribution in [0.15, 0.2) is 67.0 Å². The SMILES string of the molecule is NC(=O)C1(C(c2cccc(-c3ccccc3)c2)c2nccnc2Cl)CCC1. The molecule has 2 aromatic carbocycles. The van der Waals surface area contributed by atoms with Crippen LogP contribution in [0.4, 0.5) is 0 Å². The molecule has 0 bridgehead atoms. The average Bonchev–Trinajstić information content (AvgIpc) is 2.66. The Morgan fingerprint density at radius 1 is 1.00 bits per heavy atom. The number of primary amides is 1. The topological polar surface area (TPSA) is 68.9 Å². The van der Waals surface area contributed by atoms with E-state index in [1.807, 2.05) is 30.3 Å². The van der Waals surface area contributed by atoms with E-state index in [2.05, 4.69) is 34.2 Å². The van der Waals surface area contributed by atoms with Crippen LogP contribution >= 0.6 is 11.6 Å². The van der Waals surface area contributed by atoms with E-state index in [0.29, 0.717) is 10.8 Å². The first-order valence-corrected chi connectivity index (χ1v) is 9.41. The molecule has 1 amide bonds. The Kier molecular flexibility index (Phi) is 4.66. The van der Waals surface area contributed by atoms with Crippen molar-refractivity contribution in [2.24, 2.45) is 11.1 Å². The molecule has 1 saturated carbocycles. The molecule has 5 heteroatoms. The molecule has 136 valence electrons. The molecule has 4 rings (SSSR count). The highest BCUT2D eigenvalue weighted by molar-refractivity contribution is 6.30. The van der Waals surface area contributed by atoms with Crippen LogP contribution < -0.4 is 5.73 Å². The van der Waals surface area contributed by atoms with Crippen molar-refractivity contribution >= 4 is 17.5 Å². The van der Waals surface area contributed by atoms with Gasteiger partial charge in [0.15, 0.2) is 5.15 Å². The van der Waals surface area contributed by atoms with Crippen LogP contribution in [0.3, 0.4) is 0 Å². The molecule has 1 aromatic heterocycles. The lowest BCUT2D eigenvalue weighted by atomic mass is 9.58. The van der Waals surface area contributed by atoms with Crippen molar-refractivity contribution in [1.29, 1.82) is 0 Å². The number of aromatic nitrogens is 2. The smallest absolute Gasteiger partial charge is 0.224 e. The van der Waals surface area contributed by atoms with E-state index >= 15 is 0 Å². The summed E-state index contributed by atoms with van der Waals surface area (Å²) >= 11 is 6.39. The number of benzene rings is 2. The Morgan fingerprint density at radius 2 is 1.70 bits per heavy atom. The minimum absolute atomic E-state index is 0.300. The zero-order valence-corrected chi connectivity index (χ0v) is 15.6. The Hall–Kier alpha value is -2.72. The van der Waals surface area contributed by atoms with Crippen molar-refractivity contribution in [3.8, 4) is 11.1 Å². The normalized spacial score (nSPS) is 16.3. The summed E-state index contributed by atoms with van der Waals surface area (Å²) in [4.78, 5) is 21.2. The second-order valence-electron chi connectivity index (χ2n) is 7.03. The lowest BCUT2D eigenvalue weighted by Gasteiger charge is -2.45. The van der Waals surface area contributed by atoms with E-state index < -0.39 is 5.41 Å². The van der Waals surface area contributed by atoms with Crippen LogP contribution in [-0.2, 0) is 4.79 Å². The van der Waals surface area contributed by atoms with Gasteiger partial charge in [0.05, 0.1) is 11.1 Å². The van der Waals surface area contributed by atoms with Crippen molar-refractivity contribution < 1.29 is 4.79 Å². The van der Waals surface area contributed by atoms with Gasteiger partial charge in [0, 0.05) is 18.3 Å². The molecule has 3 aromatic rings. The molecule has 4 nitrogen and oxygen atoms in total. The molecule has 1 atom stereocenters. The van der Waals surface area contributed by atoms with Crippen LogP contribution in [0, 0.1) is 5.41 Å². The van der Waals surface area contributed by atoms with E-state index in [4.69, 9.17) is 17.3 Å². The number of carbonyl (C=O) groups excluding carboxylic acids is 1. The molecule has 0 aliphatic heterocycles. The van der Waals surface area contributed by atoms with E-state index in [0.717, 1.165) is 36.0 Å². The quantitative estimate of drug-likeness (QED) is 0.707. The molecule has 2 N–H and O–H groups in total. The summed E-state index contributed by atoms with van der Waals surface area (Å²) in [6.45, 7) is 0. The molecule has 0 saturated heterocycles. The second kappa shape index (κ2) is 7.12. The van der Waals surface area contributed by atoms with Gasteiger partial charge in [-0.3, -0.25) is 9.78 Å². The predicted octanol–water partition coefficient (Wildman–Crippen LogP) is 4.58. The van der Waals surface area contributed by atoms with Gasteiger partial charge < -0.3 is 5.73 Å². The maximum atomic E-state index is 12.5. The van der Waals surface area contributed by atoms with Gasteiger partial charge in [-0.15, -0.1) is 0 Å². The number of hydrogen-bond acceptors (Lipinski definition) is 3. The lowest BCUT2D eigenvalue weighted by molar-refractivity contribution is -0.133. The first kappa shape index (κ1) is 17.7. The molecule has 1 aliphatic carbocycles. The first-order valence-electron chi connectivity index (χ1n) is 9.03. The molecule has 0 spiro atoms. The second-order valence-corrected chi connectivity index (χ2v) is 7.39. The highest BCUT2D eigenvalue weighted by Gasteiger charge is 2.51. The van der Waals surface area contributed by atoms with Gasteiger partial charge in [0.25, 0.3) is 0 Å². The summed E-state index contributed by atoms with van der Waals surface area (Å²) in [5.74, 6) is -0.612. The van der Waals surface area contributed by atoms with E-state index in [-0.39, 0.29) is 11.8 Å². The van der Waals surface area contributed by atoms with E-state index in [1.165, 1.54) is 0 Å². The Bertz CT molecular complexity index is 970. The molecule has 27 heavy (non-hydrogen) atoms. The highest BCUT2D eigenvalue weighted by Crippen LogP contribution is 2.54. The van der Waals surface area contributed by atoms with Crippen LogP contribution in [0.1, 0.15) is 36.4 Å². The van der Waals surface area contributed by atoms with Crippen molar-refractivity contribution in [3.05, 3.63) is 83.4 Å². The molecule has 1 heterocycles. The fourth-order valence-electron chi connectivity index (χ4n) is 4.03. The minimum atomic E-state index is -0.672. The molecule has 1 fully saturated rings. The first-order chi connectivity index (χ1) is 13.1. The number of amides is 1. The third-order valence-corrected chi connectivity index (χ3v) is 5.86. The number of nitrogens with two attached hydrogens (primary N) is 1. The third-order valence-electron chi connectivity index (χ3n) is 5.57. The summed E-state index contributed by atoms with van der Waals surface area (Å²) < 4.78 is 0. The molecule has 0 radical (unpaired) electrons. The van der Waals surface area contributed by atoms with Gasteiger partial charge in [-0.25, -0.2) is 4.98 Å². The minimum Gasteiger partial charge on any atom is -0.369 e. The van der Waals surface area contributed by atoms with E-state index in [1.54, 1.807) is 12.4 Å². The highest BCUT2D eigenvalue weighted by atomic mass is 35.5. The summed E-state index contributed by atoms with van der Waals surface area (Å²) in [6.07, 6.45) is 5.60. The number of halogens is 1. The largest absolute Gasteiger partial charge is 0.369 e. The fourth-order valence-corrected chi connectivity index (χ4v) is 4.24. The van der Waals surface area contributed by atoms with Gasteiger partial charge in [0.2, 0.25) is 5.91 Å². The number of nitrogens with zero attached hydrogens (tertiary/aromatic N) is 2. The van der Waals surface area contributed by atoms with Crippen molar-refractivity contribution in [1.82, 2.24) is 9.97 Å². The van der Waals surface area contributed by atoms with Crippen molar-refractivity contribution in [2.45, 2.75) is 25.2 Å². The summed E-state index contributed by atoms with van der Waals surface area (Å²) in [5, 5.41) is 0.320. The van der Waals surface area contributed by atoms with Gasteiger partial charge in [-0.2, -0.15) is 0 Å². The maximum absolute atomic E-state index is 12.5. The van der Waals surface area contributed by atoms with Gasteiger partial charge >= 0.3 is 0 Å². The van der Waals surface area contributed by atoms with Crippen LogP contribution in [-0.4, -0.2) is 15.9 Å². The predicted molar refractivity (Wildman–Crippen MR) is 106 cm³/mol. The molecule has 1 aliphatic rings. The maximum Gasteiger partial charge on any atom is 0.224 e. The molecular weight excluding hydrogens is 358 g/mol. The molecular formula is C22H20ClN3O. The fraction of sp³-hybridized carbons (Fsp3) is 0.227. The number of carbonyl (C=O) groups is 1. The Morgan fingerprint density at radius 3 is 2.33 bits per heavy atom. The van der Waals surface area contributed by atoms with E-state index in [9.17, 15) is 4.79 Å². The zero-order chi connectivity index (χ0) is 18.9. The van der Waals surface area contributed by atoms with Crippen LogP contribution in [0.25, 0.3) is 11.1 Å². The van der Waals surface area contributed by atoms with Gasteiger partial charge in [0.1, 0.15) is 0 Å². The van der Waals surface area contributed by atoms with Crippen LogP contribution in [0.2, 0.25) is 5.15 Å². The number of rotatable bonds is 5. The third kappa shape index (κ3) is 3.10. The summed E-state index contributed by atoms with van der Waals surface area (Å²) in [6, 6.07) is 18.3. The standard InChI is InChI=1S/C22H20ClN3O/c23-20-19(25-12-13-26-20)18(22(21(24)27)10-5-11-22)17-9-4-8-16(14-17)15-6-2-1-3-7-15/h1-4,6-9,12-14,18H,5,10-11H2,(H2,24,27). The summed E-state index contributed by atoms with van der Waals surface area (Å²) in [5.41, 5.74) is 9.00. The summed E-state index contributed by atoms with van der Waals surface area (Å²) in [7, 11) is 0. The van der Waals surface area contributed by atoms with Crippen molar-refractivity contribution in [3.63, 3.8) is 0 Å². The number of hydrogen-bond donors (Lipinski definition) is 1.